The minimum Gasteiger partial charge on any atom is -0.496 e. The molecule has 0 bridgehead atoms. The molecule has 0 amide bonds. The molecule has 4 heteroatoms. The predicted molar refractivity (Wildman–Crippen MR) is 85.9 cm³/mol. The molecule has 0 saturated carbocycles. The lowest BCUT2D eigenvalue weighted by Gasteiger charge is -2.33. The highest BCUT2D eigenvalue weighted by molar-refractivity contribution is 5.45. The van der Waals surface area contributed by atoms with Crippen LogP contribution in [-0.2, 0) is 13.0 Å². The van der Waals surface area contributed by atoms with Crippen LogP contribution in [0.3, 0.4) is 0 Å². The van der Waals surface area contributed by atoms with Gasteiger partial charge in [0.25, 0.3) is 0 Å². The molecule has 116 valence electrons. The van der Waals surface area contributed by atoms with Gasteiger partial charge in [-0.25, -0.2) is 0 Å². The summed E-state index contributed by atoms with van der Waals surface area (Å²) in [4.78, 5) is 4.93. The lowest BCUT2D eigenvalue weighted by Crippen LogP contribution is -2.43. The van der Waals surface area contributed by atoms with Gasteiger partial charge in [-0.2, -0.15) is 0 Å². The minimum atomic E-state index is 0.482. The van der Waals surface area contributed by atoms with Crippen LogP contribution in [0.1, 0.15) is 29.7 Å². The van der Waals surface area contributed by atoms with Gasteiger partial charge in [0.1, 0.15) is 5.75 Å². The van der Waals surface area contributed by atoms with E-state index in [1.807, 2.05) is 0 Å². The van der Waals surface area contributed by atoms with Gasteiger partial charge in [0.2, 0.25) is 0 Å². The van der Waals surface area contributed by atoms with Crippen molar-refractivity contribution in [3.8, 4) is 5.75 Å². The van der Waals surface area contributed by atoms with Crippen molar-refractivity contribution in [2.45, 2.75) is 25.9 Å². The molecule has 1 atom stereocenters. The Morgan fingerprint density at radius 3 is 2.71 bits per heavy atom. The highest BCUT2D eigenvalue weighted by Crippen LogP contribution is 2.34. The fourth-order valence-electron chi connectivity index (χ4n) is 3.45. The first-order valence-electron chi connectivity index (χ1n) is 8.02. The Kier molecular flexibility index (Phi) is 4.48. The van der Waals surface area contributed by atoms with Gasteiger partial charge in [-0.05, 0) is 37.6 Å². The smallest absolute Gasteiger partial charge is 0.123 e. The zero-order chi connectivity index (χ0) is 14.8. The SMILES string of the molecule is COc1cc2c(cc1CN1CCNCC1)CCN(C)C2C. The van der Waals surface area contributed by atoms with E-state index in [2.05, 4.69) is 41.2 Å². The standard InChI is InChI=1S/C17H27N3O/c1-13-16-11-17(21-3)15(10-14(16)4-7-19(13)2)12-20-8-5-18-6-9-20/h10-11,13,18H,4-9,12H2,1-3H3. The molecule has 4 nitrogen and oxygen atoms in total. The maximum absolute atomic E-state index is 5.68. The first kappa shape index (κ1) is 14.8. The highest BCUT2D eigenvalue weighted by atomic mass is 16.5. The van der Waals surface area contributed by atoms with E-state index in [4.69, 9.17) is 4.74 Å². The summed E-state index contributed by atoms with van der Waals surface area (Å²) in [6.07, 6.45) is 1.15. The molecular formula is C17H27N3O. The molecule has 1 aromatic rings. The number of piperazine rings is 1. The van der Waals surface area contributed by atoms with Gasteiger partial charge in [-0.15, -0.1) is 0 Å². The van der Waals surface area contributed by atoms with Crippen molar-refractivity contribution in [1.29, 1.82) is 0 Å². The molecule has 1 unspecified atom stereocenters. The summed E-state index contributed by atoms with van der Waals surface area (Å²) in [6.45, 7) is 8.87. The molecule has 0 radical (unpaired) electrons. The summed E-state index contributed by atoms with van der Waals surface area (Å²) in [5.41, 5.74) is 4.28. The summed E-state index contributed by atoms with van der Waals surface area (Å²) in [7, 11) is 3.99. The molecule has 3 rings (SSSR count). The Bertz CT molecular complexity index is 497. The second kappa shape index (κ2) is 6.34. The number of fused-ring (bicyclic) bond motifs is 1. The molecule has 2 aliphatic rings. The lowest BCUT2D eigenvalue weighted by molar-refractivity contribution is 0.228. The second-order valence-electron chi connectivity index (χ2n) is 6.30. The average Bonchev–Trinajstić information content (AvgIpc) is 2.52. The van der Waals surface area contributed by atoms with Crippen LogP contribution in [0.25, 0.3) is 0 Å². The number of rotatable bonds is 3. The number of nitrogens with zero attached hydrogens (tertiary/aromatic N) is 2. The summed E-state index contributed by atoms with van der Waals surface area (Å²) in [5.74, 6) is 1.05. The van der Waals surface area contributed by atoms with Crippen molar-refractivity contribution in [2.24, 2.45) is 0 Å². The van der Waals surface area contributed by atoms with Gasteiger partial charge < -0.3 is 10.1 Å². The van der Waals surface area contributed by atoms with Crippen LogP contribution in [0.2, 0.25) is 0 Å². The molecular weight excluding hydrogens is 262 g/mol. The van der Waals surface area contributed by atoms with Crippen LogP contribution in [0, 0.1) is 0 Å². The van der Waals surface area contributed by atoms with Crippen molar-refractivity contribution in [3.63, 3.8) is 0 Å². The Hall–Kier alpha value is -1.10. The molecule has 2 heterocycles. The van der Waals surface area contributed by atoms with Crippen molar-refractivity contribution in [3.05, 3.63) is 28.8 Å². The van der Waals surface area contributed by atoms with Crippen molar-refractivity contribution >= 4 is 0 Å². The number of ether oxygens (including phenoxy) is 1. The Morgan fingerprint density at radius 1 is 1.24 bits per heavy atom. The minimum absolute atomic E-state index is 0.482. The van der Waals surface area contributed by atoms with Crippen molar-refractivity contribution < 1.29 is 4.74 Å². The molecule has 0 spiro atoms. The van der Waals surface area contributed by atoms with Crippen LogP contribution in [0.15, 0.2) is 12.1 Å². The first-order chi connectivity index (χ1) is 10.2. The van der Waals surface area contributed by atoms with E-state index in [0.717, 1.165) is 51.4 Å². The quantitative estimate of drug-likeness (QED) is 0.916. The van der Waals surface area contributed by atoms with Crippen LogP contribution in [0.5, 0.6) is 5.75 Å². The summed E-state index contributed by atoms with van der Waals surface area (Å²) in [5, 5.41) is 3.41. The van der Waals surface area contributed by atoms with Gasteiger partial charge in [0, 0.05) is 50.9 Å². The highest BCUT2D eigenvalue weighted by Gasteiger charge is 2.23. The number of hydrogen-bond acceptors (Lipinski definition) is 4. The van der Waals surface area contributed by atoms with Crippen LogP contribution >= 0.6 is 0 Å². The van der Waals surface area contributed by atoms with Gasteiger partial charge in [0.15, 0.2) is 0 Å². The third kappa shape index (κ3) is 3.07. The van der Waals surface area contributed by atoms with E-state index in [1.54, 1.807) is 7.11 Å². The van der Waals surface area contributed by atoms with Gasteiger partial charge in [-0.1, -0.05) is 6.07 Å². The fourth-order valence-corrected chi connectivity index (χ4v) is 3.45. The number of methoxy groups -OCH3 is 1. The molecule has 2 aliphatic heterocycles. The fraction of sp³-hybridized carbons (Fsp3) is 0.647. The number of likely N-dealkylation sites (N-methyl/N-ethyl adjacent to an activating group) is 1. The van der Waals surface area contributed by atoms with Gasteiger partial charge in [0.05, 0.1) is 7.11 Å². The maximum atomic E-state index is 5.68. The normalized spacial score (nSPS) is 23.9. The predicted octanol–water partition coefficient (Wildman–Crippen LogP) is 1.65. The number of hydrogen-bond donors (Lipinski definition) is 1. The maximum Gasteiger partial charge on any atom is 0.123 e. The van der Waals surface area contributed by atoms with Crippen molar-refractivity contribution in [2.75, 3.05) is 46.9 Å². The summed E-state index contributed by atoms with van der Waals surface area (Å²) >= 11 is 0. The van der Waals surface area contributed by atoms with Gasteiger partial charge in [-0.3, -0.25) is 9.80 Å². The third-order valence-corrected chi connectivity index (χ3v) is 4.99. The van der Waals surface area contributed by atoms with E-state index < -0.39 is 0 Å². The number of nitrogens with one attached hydrogen (secondary N) is 1. The van der Waals surface area contributed by atoms with Gasteiger partial charge >= 0.3 is 0 Å². The Morgan fingerprint density at radius 2 is 2.00 bits per heavy atom. The van der Waals surface area contributed by atoms with Crippen molar-refractivity contribution in [1.82, 2.24) is 15.1 Å². The van der Waals surface area contributed by atoms with E-state index >= 15 is 0 Å². The number of benzene rings is 1. The first-order valence-corrected chi connectivity index (χ1v) is 8.02. The van der Waals surface area contributed by atoms with Crippen LogP contribution < -0.4 is 10.1 Å². The monoisotopic (exact) mass is 289 g/mol. The van der Waals surface area contributed by atoms with E-state index in [0.29, 0.717) is 6.04 Å². The summed E-state index contributed by atoms with van der Waals surface area (Å²) < 4.78 is 5.68. The Labute approximate surface area is 128 Å². The van der Waals surface area contributed by atoms with E-state index in [1.165, 1.54) is 16.7 Å². The van der Waals surface area contributed by atoms with Crippen LogP contribution in [-0.4, -0.2) is 56.7 Å². The summed E-state index contributed by atoms with van der Waals surface area (Å²) in [6, 6.07) is 5.14. The third-order valence-electron chi connectivity index (χ3n) is 4.99. The largest absolute Gasteiger partial charge is 0.496 e. The molecule has 1 saturated heterocycles. The molecule has 1 aromatic carbocycles. The van der Waals surface area contributed by atoms with Crippen LogP contribution in [0.4, 0.5) is 0 Å². The lowest BCUT2D eigenvalue weighted by atomic mass is 9.91. The zero-order valence-electron chi connectivity index (χ0n) is 13.5. The molecule has 21 heavy (non-hydrogen) atoms. The molecule has 0 aromatic heterocycles. The average molecular weight is 289 g/mol. The Balaban J connectivity index is 1.86. The second-order valence-corrected chi connectivity index (χ2v) is 6.30. The topological polar surface area (TPSA) is 27.7 Å². The van der Waals surface area contributed by atoms with E-state index in [9.17, 15) is 0 Å². The molecule has 1 N–H and O–H groups in total. The zero-order valence-corrected chi connectivity index (χ0v) is 13.5. The molecule has 0 aliphatic carbocycles. The molecule has 1 fully saturated rings. The van der Waals surface area contributed by atoms with E-state index in [-0.39, 0.29) is 0 Å².